The van der Waals surface area contributed by atoms with E-state index in [4.69, 9.17) is 14.2 Å². The highest BCUT2D eigenvalue weighted by Crippen LogP contribution is 2.41. The maximum atomic E-state index is 12.9. The first-order valence-electron chi connectivity index (χ1n) is 9.80. The van der Waals surface area contributed by atoms with Gasteiger partial charge in [-0.15, -0.1) is 0 Å². The lowest BCUT2D eigenvalue weighted by molar-refractivity contribution is -0.140. The van der Waals surface area contributed by atoms with Crippen molar-refractivity contribution in [3.63, 3.8) is 0 Å². The molecule has 1 heterocycles. The van der Waals surface area contributed by atoms with Gasteiger partial charge in [-0.05, 0) is 36.8 Å². The van der Waals surface area contributed by atoms with E-state index in [2.05, 4.69) is 0 Å². The molecule has 2 aromatic carbocycles. The number of ether oxygens (including phenoxy) is 3. The Morgan fingerprint density at radius 2 is 1.90 bits per heavy atom. The zero-order chi connectivity index (χ0) is 22.5. The second-order valence-corrected chi connectivity index (χ2v) is 6.88. The Kier molecular flexibility index (Phi) is 6.81. The van der Waals surface area contributed by atoms with Crippen LogP contribution in [0, 0.1) is 0 Å². The van der Waals surface area contributed by atoms with E-state index in [1.165, 1.54) is 31.3 Å². The van der Waals surface area contributed by atoms with Crippen LogP contribution in [0.2, 0.25) is 0 Å². The number of aliphatic hydroxyl groups excluding tert-OH is 1. The topological polar surface area (TPSA) is 106 Å². The third-order valence-electron chi connectivity index (χ3n) is 5.01. The fourth-order valence-corrected chi connectivity index (χ4v) is 3.57. The Morgan fingerprint density at radius 3 is 2.58 bits per heavy atom. The molecule has 0 aliphatic carbocycles. The molecule has 1 aliphatic heterocycles. The summed E-state index contributed by atoms with van der Waals surface area (Å²) in [7, 11) is 2.90. The fourth-order valence-electron chi connectivity index (χ4n) is 3.57. The lowest BCUT2D eigenvalue weighted by Gasteiger charge is -2.25. The van der Waals surface area contributed by atoms with Crippen LogP contribution in [0.3, 0.4) is 0 Å². The number of benzene rings is 2. The Hall–Kier alpha value is -3.52. The van der Waals surface area contributed by atoms with Gasteiger partial charge in [0.2, 0.25) is 0 Å². The van der Waals surface area contributed by atoms with E-state index >= 15 is 0 Å². The molecule has 0 radical (unpaired) electrons. The highest BCUT2D eigenvalue weighted by molar-refractivity contribution is 6.46. The van der Waals surface area contributed by atoms with Gasteiger partial charge in [0.05, 0.1) is 31.9 Å². The Labute approximate surface area is 180 Å². The number of methoxy groups -OCH3 is 2. The molecular weight excluding hydrogens is 402 g/mol. The van der Waals surface area contributed by atoms with E-state index in [1.54, 1.807) is 30.3 Å². The molecule has 8 nitrogen and oxygen atoms in total. The van der Waals surface area contributed by atoms with E-state index in [0.29, 0.717) is 23.5 Å². The van der Waals surface area contributed by atoms with Crippen molar-refractivity contribution >= 4 is 17.4 Å². The van der Waals surface area contributed by atoms with E-state index in [1.807, 2.05) is 6.92 Å². The maximum absolute atomic E-state index is 12.9. The Balaban J connectivity index is 2.17. The number of amides is 1. The van der Waals surface area contributed by atoms with E-state index in [-0.39, 0.29) is 36.0 Å². The first-order valence-corrected chi connectivity index (χ1v) is 9.80. The van der Waals surface area contributed by atoms with Crippen molar-refractivity contribution in [1.82, 2.24) is 4.90 Å². The second-order valence-electron chi connectivity index (χ2n) is 6.88. The lowest BCUT2D eigenvalue weighted by atomic mass is 9.95. The van der Waals surface area contributed by atoms with Crippen LogP contribution in [0.15, 0.2) is 48.0 Å². The van der Waals surface area contributed by atoms with Crippen molar-refractivity contribution in [2.75, 3.05) is 34.0 Å². The van der Waals surface area contributed by atoms with Gasteiger partial charge in [-0.3, -0.25) is 9.59 Å². The van der Waals surface area contributed by atoms with Crippen molar-refractivity contribution in [2.45, 2.75) is 13.0 Å². The third-order valence-corrected chi connectivity index (χ3v) is 5.01. The molecule has 1 fully saturated rings. The predicted octanol–water partition coefficient (Wildman–Crippen LogP) is 2.87. The van der Waals surface area contributed by atoms with Gasteiger partial charge in [0.1, 0.15) is 11.5 Å². The molecule has 0 aromatic heterocycles. The zero-order valence-corrected chi connectivity index (χ0v) is 17.6. The average molecular weight is 427 g/mol. The minimum atomic E-state index is -0.875. The quantitative estimate of drug-likeness (QED) is 0.379. The fraction of sp³-hybridized carbons (Fsp3) is 0.304. The molecule has 1 aliphatic rings. The molecule has 1 atom stereocenters. The van der Waals surface area contributed by atoms with Gasteiger partial charge in [-0.1, -0.05) is 18.2 Å². The molecule has 0 spiro atoms. The molecular formula is C23H25NO7. The molecule has 1 amide bonds. The largest absolute Gasteiger partial charge is 0.507 e. The number of rotatable bonds is 8. The normalized spacial score (nSPS) is 17.8. The number of ketones is 1. The summed E-state index contributed by atoms with van der Waals surface area (Å²) in [4.78, 5) is 27.1. The molecule has 2 N–H and O–H groups in total. The highest BCUT2D eigenvalue weighted by atomic mass is 16.5. The minimum Gasteiger partial charge on any atom is -0.507 e. The number of hydrogen-bond acceptors (Lipinski definition) is 7. The SMILES string of the molecule is CCOc1cccc(C(O)=C2C(=O)C(=O)N(CCOC)C2c2ccc(O)c(OC)c2)c1. The summed E-state index contributed by atoms with van der Waals surface area (Å²) in [5.41, 5.74) is 0.807. The summed E-state index contributed by atoms with van der Waals surface area (Å²) in [6.45, 7) is 2.63. The zero-order valence-electron chi connectivity index (χ0n) is 17.6. The van der Waals surface area contributed by atoms with Crippen LogP contribution in [0.4, 0.5) is 0 Å². The molecule has 2 aromatic rings. The standard InChI is InChI=1S/C23H25NO7/c1-4-31-16-7-5-6-15(12-16)21(26)19-20(14-8-9-17(25)18(13-14)30-3)24(10-11-29-2)23(28)22(19)27/h5-9,12-13,20,25-26H,4,10-11H2,1-3H3. The summed E-state index contributed by atoms with van der Waals surface area (Å²) < 4.78 is 15.8. The number of hydrogen-bond donors (Lipinski definition) is 2. The molecule has 1 unspecified atom stereocenters. The first-order chi connectivity index (χ1) is 14.9. The lowest BCUT2D eigenvalue weighted by Crippen LogP contribution is -2.32. The summed E-state index contributed by atoms with van der Waals surface area (Å²) in [5.74, 6) is -1.21. The summed E-state index contributed by atoms with van der Waals surface area (Å²) in [6.07, 6.45) is 0. The van der Waals surface area contributed by atoms with Crippen LogP contribution in [0.5, 0.6) is 17.2 Å². The average Bonchev–Trinajstić information content (AvgIpc) is 3.02. The van der Waals surface area contributed by atoms with Crippen LogP contribution in [-0.4, -0.2) is 60.8 Å². The number of Topliss-reactive ketones (excluding diaryl/α,β-unsaturated/α-hetero) is 1. The van der Waals surface area contributed by atoms with E-state index in [9.17, 15) is 19.8 Å². The predicted molar refractivity (Wildman–Crippen MR) is 113 cm³/mol. The number of aliphatic hydroxyl groups is 1. The number of nitrogens with zero attached hydrogens (tertiary/aromatic N) is 1. The van der Waals surface area contributed by atoms with Crippen molar-refractivity contribution in [3.05, 3.63) is 59.2 Å². The number of phenols is 1. The second kappa shape index (κ2) is 9.53. The number of aromatic hydroxyl groups is 1. The highest BCUT2D eigenvalue weighted by Gasteiger charge is 2.46. The number of phenolic OH excluding ortho intramolecular Hbond substituents is 1. The van der Waals surface area contributed by atoms with Gasteiger partial charge in [0.15, 0.2) is 11.5 Å². The van der Waals surface area contributed by atoms with Crippen LogP contribution in [0.25, 0.3) is 5.76 Å². The summed E-state index contributed by atoms with van der Waals surface area (Å²) in [6, 6.07) is 10.3. The molecule has 8 heteroatoms. The van der Waals surface area contributed by atoms with E-state index in [0.717, 1.165) is 0 Å². The smallest absolute Gasteiger partial charge is 0.295 e. The molecule has 1 saturated heterocycles. The first kappa shape index (κ1) is 22.2. The minimum absolute atomic E-state index is 0.0532. The van der Waals surface area contributed by atoms with Crippen molar-refractivity contribution < 1.29 is 34.0 Å². The summed E-state index contributed by atoms with van der Waals surface area (Å²) >= 11 is 0. The van der Waals surface area contributed by atoms with Gasteiger partial charge < -0.3 is 29.3 Å². The van der Waals surface area contributed by atoms with Crippen LogP contribution in [-0.2, 0) is 14.3 Å². The number of carbonyl (C=O) groups is 2. The van der Waals surface area contributed by atoms with Gasteiger partial charge >= 0.3 is 0 Å². The summed E-state index contributed by atoms with van der Waals surface area (Å²) in [5, 5.41) is 21.0. The van der Waals surface area contributed by atoms with Crippen molar-refractivity contribution in [1.29, 1.82) is 0 Å². The number of likely N-dealkylation sites (tertiary alicyclic amines) is 1. The van der Waals surface area contributed by atoms with Crippen LogP contribution < -0.4 is 9.47 Å². The van der Waals surface area contributed by atoms with Crippen LogP contribution in [0.1, 0.15) is 24.1 Å². The molecule has 3 rings (SSSR count). The molecule has 31 heavy (non-hydrogen) atoms. The van der Waals surface area contributed by atoms with Gasteiger partial charge in [0.25, 0.3) is 11.7 Å². The third kappa shape index (κ3) is 4.34. The monoisotopic (exact) mass is 427 g/mol. The van der Waals surface area contributed by atoms with E-state index < -0.39 is 17.7 Å². The van der Waals surface area contributed by atoms with Crippen molar-refractivity contribution in [2.24, 2.45) is 0 Å². The Bertz CT molecular complexity index is 1010. The molecule has 0 bridgehead atoms. The maximum Gasteiger partial charge on any atom is 0.295 e. The molecule has 0 saturated carbocycles. The van der Waals surface area contributed by atoms with Gasteiger partial charge in [0, 0.05) is 19.2 Å². The van der Waals surface area contributed by atoms with Gasteiger partial charge in [-0.25, -0.2) is 0 Å². The van der Waals surface area contributed by atoms with Gasteiger partial charge in [-0.2, -0.15) is 0 Å². The van der Waals surface area contributed by atoms with Crippen LogP contribution >= 0.6 is 0 Å². The number of carbonyl (C=O) groups excluding carboxylic acids is 2. The van der Waals surface area contributed by atoms with Crippen molar-refractivity contribution in [3.8, 4) is 17.2 Å². The molecule has 164 valence electrons. The Morgan fingerprint density at radius 1 is 1.13 bits per heavy atom.